The van der Waals surface area contributed by atoms with Gasteiger partial charge in [0.25, 0.3) is 0 Å². The van der Waals surface area contributed by atoms with Gasteiger partial charge in [-0.1, -0.05) is 53.1 Å². The first-order valence-electron chi connectivity index (χ1n) is 8.62. The van der Waals surface area contributed by atoms with E-state index in [1.165, 1.54) is 49.3 Å². The van der Waals surface area contributed by atoms with Gasteiger partial charge in [0.2, 0.25) is 15.9 Å². The Labute approximate surface area is 184 Å². The average molecular weight is 473 g/mol. The molecule has 1 heterocycles. The van der Waals surface area contributed by atoms with E-state index in [1.54, 1.807) is 24.8 Å². The predicted octanol–water partition coefficient (Wildman–Crippen LogP) is 3.88. The van der Waals surface area contributed by atoms with Crippen LogP contribution < -0.4 is 5.32 Å². The summed E-state index contributed by atoms with van der Waals surface area (Å²) in [6, 6.07) is 4.70. The molecule has 1 N–H and O–H groups in total. The lowest BCUT2D eigenvalue weighted by Gasteiger charge is -2.15. The van der Waals surface area contributed by atoms with E-state index < -0.39 is 15.3 Å². The summed E-state index contributed by atoms with van der Waals surface area (Å²) in [6.07, 6.45) is 0. The number of carbonyl (C=O) groups is 1. The van der Waals surface area contributed by atoms with Crippen LogP contribution in [-0.4, -0.2) is 53.9 Å². The van der Waals surface area contributed by atoms with Crippen LogP contribution in [0.1, 0.15) is 19.4 Å². The van der Waals surface area contributed by atoms with E-state index in [0.717, 1.165) is 25.5 Å². The first-order chi connectivity index (χ1) is 13.5. The number of aromatic nitrogens is 2. The third-order valence-electron chi connectivity index (χ3n) is 3.72. The molecule has 2 rings (SSSR count). The first kappa shape index (κ1) is 23.9. The number of hydrogen-bond donors (Lipinski definition) is 1. The van der Waals surface area contributed by atoms with Gasteiger partial charge < -0.3 is 5.32 Å². The van der Waals surface area contributed by atoms with Gasteiger partial charge in [0.15, 0.2) is 8.68 Å². The Morgan fingerprint density at radius 1 is 1.31 bits per heavy atom. The summed E-state index contributed by atoms with van der Waals surface area (Å²) in [5, 5.41) is 10.6. The van der Waals surface area contributed by atoms with E-state index in [4.69, 9.17) is 0 Å². The van der Waals surface area contributed by atoms with Gasteiger partial charge in [0.1, 0.15) is 0 Å². The Morgan fingerprint density at radius 3 is 2.59 bits per heavy atom. The highest BCUT2D eigenvalue weighted by Gasteiger charge is 2.21. The van der Waals surface area contributed by atoms with Crippen LogP contribution in [0.25, 0.3) is 0 Å². The van der Waals surface area contributed by atoms with Gasteiger partial charge >= 0.3 is 0 Å². The number of anilines is 1. The third kappa shape index (κ3) is 6.54. The van der Waals surface area contributed by atoms with Crippen LogP contribution in [0.15, 0.2) is 43.9 Å². The van der Waals surface area contributed by atoms with Crippen LogP contribution in [0, 0.1) is 6.92 Å². The summed E-state index contributed by atoms with van der Waals surface area (Å²) in [5.74, 6) is 0.546. The molecule has 1 aromatic heterocycles. The van der Waals surface area contributed by atoms with Gasteiger partial charge in [0.05, 0.1) is 10.1 Å². The lowest BCUT2D eigenvalue weighted by molar-refractivity contribution is -0.115. The number of hydrogen-bond acceptors (Lipinski definition) is 8. The minimum Gasteiger partial charge on any atom is -0.325 e. The fourth-order valence-corrected chi connectivity index (χ4v) is 5.97. The zero-order chi connectivity index (χ0) is 21.8. The Kier molecular flexibility index (Phi) is 8.29. The molecule has 29 heavy (non-hydrogen) atoms. The van der Waals surface area contributed by atoms with Crippen molar-refractivity contribution >= 4 is 56.5 Å². The Balaban J connectivity index is 2.07. The van der Waals surface area contributed by atoms with E-state index in [2.05, 4.69) is 22.1 Å². The number of amides is 1. The zero-order valence-corrected chi connectivity index (χ0v) is 20.2. The number of nitrogens with zero attached hydrogens (tertiary/aromatic N) is 3. The number of benzene rings is 1. The van der Waals surface area contributed by atoms with Crippen LogP contribution in [0.4, 0.5) is 5.69 Å². The first-order valence-corrected chi connectivity index (χ1v) is 12.7. The molecule has 0 aliphatic rings. The molecule has 1 amide bonds. The monoisotopic (exact) mass is 472 g/mol. The minimum absolute atomic E-state index is 0.131. The molecule has 0 spiro atoms. The van der Waals surface area contributed by atoms with Gasteiger partial charge in [0, 0.05) is 25.5 Å². The van der Waals surface area contributed by atoms with Crippen molar-refractivity contribution in [3.8, 4) is 0 Å². The number of aryl methyl sites for hydroxylation is 1. The van der Waals surface area contributed by atoms with Crippen molar-refractivity contribution < 1.29 is 13.2 Å². The zero-order valence-electron chi connectivity index (χ0n) is 16.9. The highest BCUT2D eigenvalue weighted by Crippen LogP contribution is 2.32. The van der Waals surface area contributed by atoms with Gasteiger partial charge in [-0.3, -0.25) is 4.79 Å². The van der Waals surface area contributed by atoms with Crippen LogP contribution >= 0.6 is 34.9 Å². The molecule has 2 aromatic rings. The van der Waals surface area contributed by atoms with E-state index in [9.17, 15) is 13.2 Å². The van der Waals surface area contributed by atoms with Crippen molar-refractivity contribution in [1.29, 1.82) is 0 Å². The Morgan fingerprint density at radius 2 is 1.97 bits per heavy atom. The summed E-state index contributed by atoms with van der Waals surface area (Å²) in [6.45, 7) is 9.41. The molecule has 11 heteroatoms. The Bertz CT molecular complexity index is 1000. The summed E-state index contributed by atoms with van der Waals surface area (Å²) >= 11 is 4.32. The van der Waals surface area contributed by atoms with Crippen molar-refractivity contribution in [3.05, 3.63) is 35.9 Å². The second-order valence-corrected chi connectivity index (χ2v) is 12.5. The van der Waals surface area contributed by atoms with E-state index in [0.29, 0.717) is 10.0 Å². The number of carbonyl (C=O) groups excluding carboxylic acids is 1. The summed E-state index contributed by atoms with van der Waals surface area (Å²) in [7, 11) is -0.639. The van der Waals surface area contributed by atoms with Crippen molar-refractivity contribution in [2.75, 3.05) is 25.2 Å². The summed E-state index contributed by atoms with van der Waals surface area (Å²) in [5.41, 5.74) is 2.31. The second-order valence-electron chi connectivity index (χ2n) is 6.59. The fourth-order valence-electron chi connectivity index (χ4n) is 2.03. The van der Waals surface area contributed by atoms with Gasteiger partial charge in [-0.05, 0) is 38.5 Å². The molecule has 0 bridgehead atoms. The van der Waals surface area contributed by atoms with E-state index in [1.807, 2.05) is 13.8 Å². The molecule has 0 saturated carbocycles. The lowest BCUT2D eigenvalue weighted by Crippen LogP contribution is -2.24. The molecule has 1 atom stereocenters. The SMILES string of the molecule is C=C(C)CSc1nnc(SC(C)C(=O)Nc2cc(S(=O)(=O)N(C)C)ccc2C)s1. The van der Waals surface area contributed by atoms with Crippen LogP contribution in [0.5, 0.6) is 0 Å². The van der Waals surface area contributed by atoms with Crippen molar-refractivity contribution in [3.63, 3.8) is 0 Å². The molecule has 7 nitrogen and oxygen atoms in total. The standard InChI is InChI=1S/C18H24N4O3S4/c1-11(2)10-26-17-20-21-18(28-17)27-13(4)16(23)19-15-9-14(8-7-12(15)3)29(24,25)22(5)6/h7-9,13H,1,10H2,2-6H3,(H,19,23). The Hall–Kier alpha value is -1.40. The number of nitrogens with one attached hydrogen (secondary N) is 1. The number of rotatable bonds is 9. The highest BCUT2D eigenvalue weighted by atomic mass is 32.2. The highest BCUT2D eigenvalue weighted by molar-refractivity contribution is 8.04. The molecular formula is C18H24N4O3S4. The maximum absolute atomic E-state index is 12.6. The van der Waals surface area contributed by atoms with Gasteiger partial charge in [-0.15, -0.1) is 10.2 Å². The molecule has 0 aliphatic heterocycles. The van der Waals surface area contributed by atoms with Crippen molar-refractivity contribution in [1.82, 2.24) is 14.5 Å². The maximum atomic E-state index is 12.6. The van der Waals surface area contributed by atoms with E-state index >= 15 is 0 Å². The fraction of sp³-hybridized carbons (Fsp3) is 0.389. The molecular weight excluding hydrogens is 448 g/mol. The summed E-state index contributed by atoms with van der Waals surface area (Å²) < 4.78 is 27.4. The smallest absolute Gasteiger partial charge is 0.242 e. The predicted molar refractivity (Wildman–Crippen MR) is 121 cm³/mol. The lowest BCUT2D eigenvalue weighted by atomic mass is 10.2. The van der Waals surface area contributed by atoms with Crippen molar-refractivity contribution in [2.24, 2.45) is 0 Å². The quantitative estimate of drug-likeness (QED) is 0.437. The van der Waals surface area contributed by atoms with Gasteiger partial charge in [-0.25, -0.2) is 12.7 Å². The molecule has 158 valence electrons. The van der Waals surface area contributed by atoms with Crippen molar-refractivity contribution in [2.45, 2.75) is 39.6 Å². The normalized spacial score (nSPS) is 12.8. The van der Waals surface area contributed by atoms with Crippen LogP contribution in [0.2, 0.25) is 0 Å². The van der Waals surface area contributed by atoms with Crippen LogP contribution in [-0.2, 0) is 14.8 Å². The van der Waals surface area contributed by atoms with Crippen LogP contribution in [0.3, 0.4) is 0 Å². The van der Waals surface area contributed by atoms with Gasteiger partial charge in [-0.2, -0.15) is 0 Å². The largest absolute Gasteiger partial charge is 0.325 e. The topological polar surface area (TPSA) is 92.3 Å². The number of thioether (sulfide) groups is 2. The third-order valence-corrected chi connectivity index (χ3v) is 9.00. The molecule has 1 aromatic carbocycles. The number of sulfonamides is 1. The van der Waals surface area contributed by atoms with E-state index in [-0.39, 0.29) is 10.8 Å². The molecule has 0 aliphatic carbocycles. The molecule has 0 radical (unpaired) electrons. The molecule has 0 fully saturated rings. The minimum atomic E-state index is -3.58. The average Bonchev–Trinajstić information content (AvgIpc) is 3.08. The maximum Gasteiger partial charge on any atom is 0.242 e. The second kappa shape index (κ2) is 10.1. The molecule has 1 unspecified atom stereocenters. The summed E-state index contributed by atoms with van der Waals surface area (Å²) in [4.78, 5) is 12.8. The molecule has 0 saturated heterocycles.